The van der Waals surface area contributed by atoms with Gasteiger partial charge in [0.25, 0.3) is 0 Å². The minimum Gasteiger partial charge on any atom is -0.490 e. The van der Waals surface area contributed by atoms with Crippen LogP contribution in [-0.4, -0.2) is 26.3 Å². The van der Waals surface area contributed by atoms with Crippen molar-refractivity contribution >= 4 is 0 Å². The average Bonchev–Trinajstić information content (AvgIpc) is 2.30. The van der Waals surface area contributed by atoms with Crippen LogP contribution in [0.2, 0.25) is 0 Å². The standard InChI is InChI=1S/C13H18FNO2/c1-9-6-11(14)13(16-2)12(7-9)17-10-4-3-5-15-8-10/h6-7,10,15H,3-5,8H2,1-2H3. The summed E-state index contributed by atoms with van der Waals surface area (Å²) in [6, 6.07) is 3.27. The summed E-state index contributed by atoms with van der Waals surface area (Å²) in [6.45, 7) is 3.67. The van der Waals surface area contributed by atoms with Gasteiger partial charge in [0.05, 0.1) is 7.11 Å². The molecule has 17 heavy (non-hydrogen) atoms. The minimum atomic E-state index is -0.369. The fraction of sp³-hybridized carbons (Fsp3) is 0.538. The first-order chi connectivity index (χ1) is 8.20. The summed E-state index contributed by atoms with van der Waals surface area (Å²) in [5, 5.41) is 3.26. The second-order valence-corrected chi connectivity index (χ2v) is 4.36. The summed E-state index contributed by atoms with van der Waals surface area (Å²) in [7, 11) is 1.46. The molecular formula is C13H18FNO2. The van der Waals surface area contributed by atoms with Crippen LogP contribution in [0.4, 0.5) is 4.39 Å². The molecule has 94 valence electrons. The van der Waals surface area contributed by atoms with Crippen molar-refractivity contribution in [3.8, 4) is 11.5 Å². The molecule has 1 unspecified atom stereocenters. The highest BCUT2D eigenvalue weighted by Gasteiger charge is 2.18. The molecule has 1 heterocycles. The van der Waals surface area contributed by atoms with E-state index in [1.54, 1.807) is 0 Å². The molecule has 2 rings (SSSR count). The predicted molar refractivity (Wildman–Crippen MR) is 64.2 cm³/mol. The van der Waals surface area contributed by atoms with Crippen molar-refractivity contribution < 1.29 is 13.9 Å². The Morgan fingerprint density at radius 2 is 2.24 bits per heavy atom. The first kappa shape index (κ1) is 12.2. The zero-order valence-corrected chi connectivity index (χ0v) is 10.3. The molecule has 0 amide bonds. The van der Waals surface area contributed by atoms with E-state index < -0.39 is 0 Å². The first-order valence-corrected chi connectivity index (χ1v) is 5.92. The Balaban J connectivity index is 2.18. The van der Waals surface area contributed by atoms with Crippen LogP contribution in [0, 0.1) is 12.7 Å². The molecule has 1 aromatic carbocycles. The molecular weight excluding hydrogens is 221 g/mol. The molecule has 1 aliphatic rings. The van der Waals surface area contributed by atoms with Crippen molar-refractivity contribution in [3.05, 3.63) is 23.5 Å². The van der Waals surface area contributed by atoms with Crippen molar-refractivity contribution in [2.75, 3.05) is 20.2 Å². The van der Waals surface area contributed by atoms with E-state index in [0.717, 1.165) is 31.5 Å². The lowest BCUT2D eigenvalue weighted by Crippen LogP contribution is -2.37. The Morgan fingerprint density at radius 1 is 1.41 bits per heavy atom. The van der Waals surface area contributed by atoms with Crippen LogP contribution < -0.4 is 14.8 Å². The summed E-state index contributed by atoms with van der Waals surface area (Å²) in [6.07, 6.45) is 2.17. The number of methoxy groups -OCH3 is 1. The van der Waals surface area contributed by atoms with E-state index in [-0.39, 0.29) is 17.7 Å². The summed E-state index contributed by atoms with van der Waals surface area (Å²) >= 11 is 0. The molecule has 0 bridgehead atoms. The van der Waals surface area contributed by atoms with Crippen molar-refractivity contribution in [1.82, 2.24) is 5.32 Å². The lowest BCUT2D eigenvalue weighted by molar-refractivity contribution is 0.159. The molecule has 3 nitrogen and oxygen atoms in total. The second kappa shape index (κ2) is 5.36. The molecule has 1 saturated heterocycles. The predicted octanol–water partition coefficient (Wildman–Crippen LogP) is 2.27. The molecule has 0 radical (unpaired) electrons. The third-order valence-electron chi connectivity index (χ3n) is 2.90. The number of nitrogens with one attached hydrogen (secondary N) is 1. The van der Waals surface area contributed by atoms with Gasteiger partial charge in [0.1, 0.15) is 6.10 Å². The SMILES string of the molecule is COc1c(F)cc(C)cc1OC1CCCNC1. The van der Waals surface area contributed by atoms with E-state index in [2.05, 4.69) is 5.32 Å². The maximum Gasteiger partial charge on any atom is 0.196 e. The van der Waals surface area contributed by atoms with Gasteiger partial charge < -0.3 is 14.8 Å². The van der Waals surface area contributed by atoms with Gasteiger partial charge >= 0.3 is 0 Å². The highest BCUT2D eigenvalue weighted by molar-refractivity contribution is 5.44. The Labute approximate surface area is 101 Å². The van der Waals surface area contributed by atoms with Gasteiger partial charge in [-0.15, -0.1) is 0 Å². The molecule has 0 aromatic heterocycles. The van der Waals surface area contributed by atoms with Crippen LogP contribution in [0.1, 0.15) is 18.4 Å². The quantitative estimate of drug-likeness (QED) is 0.877. The summed E-state index contributed by atoms with van der Waals surface area (Å²) in [4.78, 5) is 0. The maximum absolute atomic E-state index is 13.6. The monoisotopic (exact) mass is 239 g/mol. The molecule has 4 heteroatoms. The number of piperidine rings is 1. The van der Waals surface area contributed by atoms with Crippen molar-refractivity contribution in [3.63, 3.8) is 0 Å². The van der Waals surface area contributed by atoms with Crippen LogP contribution in [0.15, 0.2) is 12.1 Å². The summed E-state index contributed by atoms with van der Waals surface area (Å²) in [5.41, 5.74) is 0.835. The van der Waals surface area contributed by atoms with E-state index in [9.17, 15) is 4.39 Å². The Kier molecular flexibility index (Phi) is 3.84. The van der Waals surface area contributed by atoms with Gasteiger partial charge in [0.2, 0.25) is 0 Å². The molecule has 1 aliphatic heterocycles. The minimum absolute atomic E-state index is 0.0962. The first-order valence-electron chi connectivity index (χ1n) is 5.92. The molecule has 1 atom stereocenters. The lowest BCUT2D eigenvalue weighted by Gasteiger charge is -2.25. The Bertz CT molecular complexity index is 389. The highest BCUT2D eigenvalue weighted by atomic mass is 19.1. The van der Waals surface area contributed by atoms with E-state index >= 15 is 0 Å². The molecule has 1 N–H and O–H groups in total. The third kappa shape index (κ3) is 2.88. The van der Waals surface area contributed by atoms with Gasteiger partial charge in [-0.05, 0) is 44.0 Å². The van der Waals surface area contributed by atoms with Crippen LogP contribution in [0.25, 0.3) is 0 Å². The highest BCUT2D eigenvalue weighted by Crippen LogP contribution is 2.32. The van der Waals surface area contributed by atoms with Crippen LogP contribution in [-0.2, 0) is 0 Å². The second-order valence-electron chi connectivity index (χ2n) is 4.36. The summed E-state index contributed by atoms with van der Waals surface area (Å²) in [5.74, 6) is 0.325. The number of rotatable bonds is 3. The van der Waals surface area contributed by atoms with Gasteiger partial charge in [0, 0.05) is 6.54 Å². The zero-order valence-electron chi connectivity index (χ0n) is 10.3. The number of hydrogen-bond acceptors (Lipinski definition) is 3. The van der Waals surface area contributed by atoms with Gasteiger partial charge in [-0.1, -0.05) is 0 Å². The van der Waals surface area contributed by atoms with Gasteiger partial charge in [-0.3, -0.25) is 0 Å². The van der Waals surface area contributed by atoms with Crippen LogP contribution >= 0.6 is 0 Å². The molecule has 1 aromatic rings. The van der Waals surface area contributed by atoms with E-state index in [0.29, 0.717) is 5.75 Å². The van der Waals surface area contributed by atoms with Crippen LogP contribution in [0.3, 0.4) is 0 Å². The van der Waals surface area contributed by atoms with Crippen molar-refractivity contribution in [2.24, 2.45) is 0 Å². The van der Waals surface area contributed by atoms with Gasteiger partial charge in [0.15, 0.2) is 17.3 Å². The van der Waals surface area contributed by atoms with E-state index in [4.69, 9.17) is 9.47 Å². The lowest BCUT2D eigenvalue weighted by atomic mass is 10.1. The molecule has 0 spiro atoms. The van der Waals surface area contributed by atoms with E-state index in [1.807, 2.05) is 13.0 Å². The topological polar surface area (TPSA) is 30.5 Å². The molecule has 0 aliphatic carbocycles. The third-order valence-corrected chi connectivity index (χ3v) is 2.90. The smallest absolute Gasteiger partial charge is 0.196 e. The van der Waals surface area contributed by atoms with Crippen LogP contribution in [0.5, 0.6) is 11.5 Å². The van der Waals surface area contributed by atoms with Gasteiger partial charge in [-0.2, -0.15) is 0 Å². The number of hydrogen-bond donors (Lipinski definition) is 1. The fourth-order valence-electron chi connectivity index (χ4n) is 2.08. The number of ether oxygens (including phenoxy) is 2. The van der Waals surface area contributed by atoms with E-state index in [1.165, 1.54) is 13.2 Å². The Morgan fingerprint density at radius 3 is 2.88 bits per heavy atom. The number of aryl methyl sites for hydroxylation is 1. The van der Waals surface area contributed by atoms with Gasteiger partial charge in [-0.25, -0.2) is 4.39 Å². The number of halogens is 1. The summed E-state index contributed by atoms with van der Waals surface area (Å²) < 4.78 is 24.5. The van der Waals surface area contributed by atoms with Crippen molar-refractivity contribution in [2.45, 2.75) is 25.9 Å². The van der Waals surface area contributed by atoms with Crippen molar-refractivity contribution in [1.29, 1.82) is 0 Å². The normalized spacial score (nSPS) is 20.1. The molecule has 0 saturated carbocycles. The average molecular weight is 239 g/mol. The Hall–Kier alpha value is -1.29. The molecule has 1 fully saturated rings. The maximum atomic E-state index is 13.6. The largest absolute Gasteiger partial charge is 0.490 e. The zero-order chi connectivity index (χ0) is 12.3. The number of benzene rings is 1. The fourth-order valence-corrected chi connectivity index (χ4v) is 2.08.